The molecule has 0 saturated carbocycles. The summed E-state index contributed by atoms with van der Waals surface area (Å²) in [4.78, 5) is 14.0. The minimum Gasteiger partial charge on any atom is -0.496 e. The minimum absolute atomic E-state index is 0.104. The zero-order valence-corrected chi connectivity index (χ0v) is 13.1. The van der Waals surface area contributed by atoms with Crippen molar-refractivity contribution in [2.24, 2.45) is 10.9 Å². The summed E-state index contributed by atoms with van der Waals surface area (Å²) >= 11 is 3.35. The van der Waals surface area contributed by atoms with Crippen molar-refractivity contribution in [2.45, 2.75) is 13.3 Å². The third-order valence-electron chi connectivity index (χ3n) is 2.83. The largest absolute Gasteiger partial charge is 0.496 e. The van der Waals surface area contributed by atoms with E-state index in [1.54, 1.807) is 30.2 Å². The van der Waals surface area contributed by atoms with E-state index in [2.05, 4.69) is 21.1 Å². The zero-order valence-electron chi connectivity index (χ0n) is 11.5. The summed E-state index contributed by atoms with van der Waals surface area (Å²) in [5, 5.41) is 11.4. The van der Waals surface area contributed by atoms with Crippen molar-refractivity contribution in [3.8, 4) is 5.75 Å². The van der Waals surface area contributed by atoms with Crippen LogP contribution in [0.5, 0.6) is 5.75 Å². The van der Waals surface area contributed by atoms with Crippen molar-refractivity contribution in [3.63, 3.8) is 0 Å². The highest BCUT2D eigenvalue weighted by atomic mass is 79.9. The van der Waals surface area contributed by atoms with Crippen LogP contribution in [0.2, 0.25) is 0 Å². The molecule has 0 heterocycles. The molecule has 0 unspecified atom stereocenters. The van der Waals surface area contributed by atoms with Gasteiger partial charge in [-0.3, -0.25) is 4.79 Å². The standard InChI is InChI=1S/C13H18BrN3O3/c1-3-17(7-6-12(15)16-19)13(18)9-4-5-11(20-2)10(14)8-9/h4-5,8,19H,3,6-7H2,1-2H3,(H2,15,16). The van der Waals surface area contributed by atoms with Crippen molar-refractivity contribution in [1.82, 2.24) is 4.90 Å². The maximum Gasteiger partial charge on any atom is 0.253 e. The molecule has 7 heteroatoms. The number of methoxy groups -OCH3 is 1. The molecule has 110 valence electrons. The van der Waals surface area contributed by atoms with E-state index in [-0.39, 0.29) is 11.7 Å². The van der Waals surface area contributed by atoms with Gasteiger partial charge in [-0.05, 0) is 41.1 Å². The molecule has 3 N–H and O–H groups in total. The molecular formula is C13H18BrN3O3. The van der Waals surface area contributed by atoms with E-state index in [1.165, 1.54) is 0 Å². The summed E-state index contributed by atoms with van der Waals surface area (Å²) < 4.78 is 5.85. The molecule has 6 nitrogen and oxygen atoms in total. The Morgan fingerprint density at radius 3 is 2.75 bits per heavy atom. The fourth-order valence-electron chi connectivity index (χ4n) is 1.68. The highest BCUT2D eigenvalue weighted by Crippen LogP contribution is 2.26. The van der Waals surface area contributed by atoms with Gasteiger partial charge in [0.1, 0.15) is 11.6 Å². The van der Waals surface area contributed by atoms with Crippen molar-refractivity contribution in [3.05, 3.63) is 28.2 Å². The van der Waals surface area contributed by atoms with E-state index >= 15 is 0 Å². The number of ether oxygens (including phenoxy) is 1. The number of halogens is 1. The first-order chi connectivity index (χ1) is 9.53. The summed E-state index contributed by atoms with van der Waals surface area (Å²) in [5.74, 6) is 0.662. The molecule has 1 amide bonds. The zero-order chi connectivity index (χ0) is 15.1. The number of carbonyl (C=O) groups is 1. The summed E-state index contributed by atoms with van der Waals surface area (Å²) in [5.41, 5.74) is 5.97. The number of amidine groups is 1. The molecule has 0 aromatic heterocycles. The van der Waals surface area contributed by atoms with Crippen LogP contribution < -0.4 is 10.5 Å². The lowest BCUT2D eigenvalue weighted by Crippen LogP contribution is -2.33. The topological polar surface area (TPSA) is 88.1 Å². The van der Waals surface area contributed by atoms with Crippen LogP contribution in [0.1, 0.15) is 23.7 Å². The Morgan fingerprint density at radius 2 is 2.25 bits per heavy atom. The van der Waals surface area contributed by atoms with Gasteiger partial charge in [-0.1, -0.05) is 5.16 Å². The van der Waals surface area contributed by atoms with E-state index in [1.807, 2.05) is 6.92 Å². The Bertz CT molecular complexity index is 506. The lowest BCUT2D eigenvalue weighted by Gasteiger charge is -2.21. The Balaban J connectivity index is 2.83. The maximum absolute atomic E-state index is 12.3. The number of hydrogen-bond acceptors (Lipinski definition) is 4. The Labute approximate surface area is 126 Å². The monoisotopic (exact) mass is 343 g/mol. The first kappa shape index (κ1) is 16.3. The molecule has 0 aliphatic rings. The summed E-state index contributed by atoms with van der Waals surface area (Å²) in [6.07, 6.45) is 0.327. The molecule has 0 aliphatic heterocycles. The Kier molecular flexibility index (Phi) is 6.30. The normalized spacial score (nSPS) is 11.2. The second-order valence-corrected chi connectivity index (χ2v) is 4.93. The fourth-order valence-corrected chi connectivity index (χ4v) is 2.23. The highest BCUT2D eigenvalue weighted by Gasteiger charge is 2.15. The van der Waals surface area contributed by atoms with Crippen LogP contribution in [0.25, 0.3) is 0 Å². The second-order valence-electron chi connectivity index (χ2n) is 4.08. The van der Waals surface area contributed by atoms with Crippen molar-refractivity contribution < 1.29 is 14.7 Å². The summed E-state index contributed by atoms with van der Waals surface area (Å²) in [6, 6.07) is 5.15. The maximum atomic E-state index is 12.3. The van der Waals surface area contributed by atoms with Gasteiger partial charge < -0.3 is 20.6 Å². The Morgan fingerprint density at radius 1 is 1.55 bits per heavy atom. The van der Waals surface area contributed by atoms with Gasteiger partial charge >= 0.3 is 0 Å². The molecular weight excluding hydrogens is 326 g/mol. The van der Waals surface area contributed by atoms with E-state index in [9.17, 15) is 4.79 Å². The van der Waals surface area contributed by atoms with Gasteiger partial charge in [-0.2, -0.15) is 0 Å². The van der Waals surface area contributed by atoms with Crippen molar-refractivity contribution in [1.29, 1.82) is 0 Å². The van der Waals surface area contributed by atoms with E-state index in [0.717, 1.165) is 4.47 Å². The van der Waals surface area contributed by atoms with Gasteiger partial charge in [-0.25, -0.2) is 0 Å². The first-order valence-electron chi connectivity index (χ1n) is 6.12. The first-order valence-corrected chi connectivity index (χ1v) is 6.92. The van der Waals surface area contributed by atoms with Gasteiger partial charge in [0.25, 0.3) is 5.91 Å². The van der Waals surface area contributed by atoms with Crippen LogP contribution in [0, 0.1) is 0 Å². The molecule has 0 bridgehead atoms. The van der Waals surface area contributed by atoms with E-state index in [4.69, 9.17) is 15.7 Å². The van der Waals surface area contributed by atoms with E-state index < -0.39 is 0 Å². The molecule has 0 radical (unpaired) electrons. The molecule has 0 fully saturated rings. The van der Waals surface area contributed by atoms with Crippen LogP contribution in [-0.2, 0) is 0 Å². The van der Waals surface area contributed by atoms with Gasteiger partial charge in [-0.15, -0.1) is 0 Å². The number of rotatable bonds is 6. The molecule has 0 aliphatic carbocycles. The third kappa shape index (κ3) is 4.12. The molecule has 20 heavy (non-hydrogen) atoms. The number of carbonyl (C=O) groups excluding carboxylic acids is 1. The van der Waals surface area contributed by atoms with Crippen LogP contribution in [0.15, 0.2) is 27.8 Å². The molecule has 1 aromatic rings. The SMILES string of the molecule is CCN(CCC(N)=NO)C(=O)c1ccc(OC)c(Br)c1. The number of benzene rings is 1. The highest BCUT2D eigenvalue weighted by molar-refractivity contribution is 9.10. The van der Waals surface area contributed by atoms with Crippen molar-refractivity contribution in [2.75, 3.05) is 20.2 Å². The van der Waals surface area contributed by atoms with E-state index in [0.29, 0.717) is 30.8 Å². The molecule has 0 saturated heterocycles. The number of amides is 1. The second kappa shape index (κ2) is 7.74. The van der Waals surface area contributed by atoms with Crippen LogP contribution >= 0.6 is 15.9 Å². The molecule has 1 rings (SSSR count). The van der Waals surface area contributed by atoms with Crippen LogP contribution in [-0.4, -0.2) is 42.0 Å². The number of oxime groups is 1. The van der Waals surface area contributed by atoms with Gasteiger partial charge in [0.2, 0.25) is 0 Å². The number of hydrogen-bond donors (Lipinski definition) is 2. The number of nitrogens with two attached hydrogens (primary N) is 1. The summed E-state index contributed by atoms with van der Waals surface area (Å²) in [6.45, 7) is 2.82. The van der Waals surface area contributed by atoms with Gasteiger partial charge in [0.15, 0.2) is 0 Å². The third-order valence-corrected chi connectivity index (χ3v) is 3.45. The Hall–Kier alpha value is -1.76. The fraction of sp³-hybridized carbons (Fsp3) is 0.385. The summed E-state index contributed by atoms with van der Waals surface area (Å²) in [7, 11) is 1.57. The quantitative estimate of drug-likeness (QED) is 0.358. The molecule has 1 aromatic carbocycles. The van der Waals surface area contributed by atoms with Crippen molar-refractivity contribution >= 4 is 27.7 Å². The average Bonchev–Trinajstić information content (AvgIpc) is 2.47. The minimum atomic E-state index is -0.110. The smallest absolute Gasteiger partial charge is 0.253 e. The molecule has 0 atom stereocenters. The van der Waals surface area contributed by atoms with Crippen LogP contribution in [0.3, 0.4) is 0 Å². The van der Waals surface area contributed by atoms with Crippen LogP contribution in [0.4, 0.5) is 0 Å². The number of nitrogens with zero attached hydrogens (tertiary/aromatic N) is 2. The lowest BCUT2D eigenvalue weighted by atomic mass is 10.2. The van der Waals surface area contributed by atoms with Gasteiger partial charge in [0, 0.05) is 25.1 Å². The predicted molar refractivity (Wildman–Crippen MR) is 80.3 cm³/mol. The van der Waals surface area contributed by atoms with Gasteiger partial charge in [0.05, 0.1) is 11.6 Å². The average molecular weight is 344 g/mol. The molecule has 0 spiro atoms. The lowest BCUT2D eigenvalue weighted by molar-refractivity contribution is 0.0768. The predicted octanol–water partition coefficient (Wildman–Crippen LogP) is 2.06.